The Morgan fingerprint density at radius 1 is 0.875 bits per heavy atom. The minimum absolute atomic E-state index is 0. The van der Waals surface area contributed by atoms with Crippen molar-refractivity contribution >= 4 is 34.0 Å². The maximum absolute atomic E-state index is 5.28. The summed E-state index contributed by atoms with van der Waals surface area (Å²) in [7, 11) is 0. The Hall–Kier alpha value is 0.300. The van der Waals surface area contributed by atoms with Crippen LogP contribution in [0.3, 0.4) is 0 Å². The molecule has 0 radical (unpaired) electrons. The van der Waals surface area contributed by atoms with Gasteiger partial charge in [-0.05, 0) is 12.8 Å². The molecule has 0 saturated carbocycles. The van der Waals surface area contributed by atoms with E-state index in [2.05, 4.69) is 0 Å². The van der Waals surface area contributed by atoms with Gasteiger partial charge in [0.05, 0.1) is 0 Å². The molecule has 0 atom stereocenters. The van der Waals surface area contributed by atoms with Crippen LogP contribution in [-0.4, -0.2) is 0 Å². The van der Waals surface area contributed by atoms with Crippen LogP contribution in [0.25, 0.3) is 0 Å². The third-order valence-corrected chi connectivity index (χ3v) is 1.08. The van der Waals surface area contributed by atoms with Crippen molar-refractivity contribution in [3.8, 4) is 0 Å². The Labute approximate surface area is 69.8 Å². The first-order valence-electron chi connectivity index (χ1n) is 2.03. The highest BCUT2D eigenvalue weighted by molar-refractivity contribution is 8.93. The first-order chi connectivity index (χ1) is 2.80. The number of hydrogen-bond acceptors (Lipinski definition) is 2. The first kappa shape index (κ1) is 11.1. The fourth-order valence-corrected chi connectivity index (χ4v) is 0.414. The van der Waals surface area contributed by atoms with Crippen LogP contribution in [0.1, 0.15) is 12.8 Å². The molecule has 0 aromatic rings. The molecule has 0 heterocycles. The smallest absolute Gasteiger partial charge is 0.0275 e. The van der Waals surface area contributed by atoms with Gasteiger partial charge in [0.2, 0.25) is 0 Å². The third kappa shape index (κ3) is 2.05. The summed E-state index contributed by atoms with van der Waals surface area (Å²) in [5, 5.41) is 0. The molecule has 4 heteroatoms. The molecule has 2 nitrogen and oxygen atoms in total. The first-order valence-corrected chi connectivity index (χ1v) is 2.03. The Morgan fingerprint density at radius 2 is 1.12 bits per heavy atom. The van der Waals surface area contributed by atoms with E-state index in [1.807, 2.05) is 0 Å². The molecule has 0 aromatic heterocycles. The standard InChI is InChI=1S/C4H8N2.2BrH/c5-3-1-2-4(3)6;;/h1-2,5-6H2;2*1H. The van der Waals surface area contributed by atoms with Crippen LogP contribution in [-0.2, 0) is 0 Å². The molecular formula is C4H10Br2N2. The Bertz CT molecular complexity index is 88.2. The SMILES string of the molecule is Br.Br.NC1=C(N)CC1. The van der Waals surface area contributed by atoms with E-state index in [1.54, 1.807) is 0 Å². The van der Waals surface area contributed by atoms with Gasteiger partial charge in [-0.1, -0.05) is 0 Å². The average molecular weight is 246 g/mol. The Balaban J connectivity index is 0. The maximum atomic E-state index is 5.28. The maximum Gasteiger partial charge on any atom is 0.0275 e. The summed E-state index contributed by atoms with van der Waals surface area (Å²) in [5.41, 5.74) is 12.3. The largest absolute Gasteiger partial charge is 0.401 e. The highest BCUT2D eigenvalue weighted by Gasteiger charge is 2.07. The van der Waals surface area contributed by atoms with Crippen LogP contribution >= 0.6 is 34.0 Å². The van der Waals surface area contributed by atoms with Crippen LogP contribution in [0.2, 0.25) is 0 Å². The molecule has 1 aliphatic rings. The highest BCUT2D eigenvalue weighted by atomic mass is 79.9. The predicted octanol–water partition coefficient (Wildman–Crippen LogP) is 1.07. The molecule has 4 N–H and O–H groups in total. The number of nitrogens with two attached hydrogens (primary N) is 2. The van der Waals surface area contributed by atoms with Crippen molar-refractivity contribution in [1.82, 2.24) is 0 Å². The molecule has 0 amide bonds. The summed E-state index contributed by atoms with van der Waals surface area (Å²) >= 11 is 0. The van der Waals surface area contributed by atoms with Crippen LogP contribution in [0.5, 0.6) is 0 Å². The molecule has 1 rings (SSSR count). The number of hydrogen-bond donors (Lipinski definition) is 2. The zero-order valence-corrected chi connectivity index (χ0v) is 7.81. The molecule has 8 heavy (non-hydrogen) atoms. The zero-order valence-electron chi connectivity index (χ0n) is 4.39. The van der Waals surface area contributed by atoms with E-state index in [0.29, 0.717) is 0 Å². The van der Waals surface area contributed by atoms with Gasteiger partial charge in [-0.15, -0.1) is 34.0 Å². The normalized spacial score (nSPS) is 15.5. The van der Waals surface area contributed by atoms with Crippen molar-refractivity contribution in [1.29, 1.82) is 0 Å². The average Bonchev–Trinajstić information content (AvgIpc) is 1.61. The molecule has 0 spiro atoms. The molecule has 50 valence electrons. The summed E-state index contributed by atoms with van der Waals surface area (Å²) in [4.78, 5) is 0. The van der Waals surface area contributed by atoms with E-state index >= 15 is 0 Å². The lowest BCUT2D eigenvalue weighted by atomic mass is 10.0. The van der Waals surface area contributed by atoms with Gasteiger partial charge in [-0.3, -0.25) is 0 Å². The predicted molar refractivity (Wildman–Crippen MR) is 45.3 cm³/mol. The summed E-state index contributed by atoms with van der Waals surface area (Å²) < 4.78 is 0. The van der Waals surface area contributed by atoms with Gasteiger partial charge in [-0.25, -0.2) is 0 Å². The Morgan fingerprint density at radius 3 is 1.12 bits per heavy atom. The van der Waals surface area contributed by atoms with Crippen molar-refractivity contribution in [2.45, 2.75) is 12.8 Å². The van der Waals surface area contributed by atoms with Gasteiger partial charge in [0.1, 0.15) is 0 Å². The fourth-order valence-electron chi connectivity index (χ4n) is 0.414. The molecule has 0 aliphatic heterocycles. The zero-order chi connectivity index (χ0) is 4.57. The van der Waals surface area contributed by atoms with Gasteiger partial charge in [0.15, 0.2) is 0 Å². The molecule has 0 saturated heterocycles. The number of allylic oxidation sites excluding steroid dienone is 2. The minimum atomic E-state index is 0. The summed E-state index contributed by atoms with van der Waals surface area (Å²) in [6, 6.07) is 0. The lowest BCUT2D eigenvalue weighted by Gasteiger charge is -2.14. The Kier molecular flexibility index (Phi) is 5.86. The third-order valence-electron chi connectivity index (χ3n) is 1.08. The second kappa shape index (κ2) is 4.21. The molecule has 0 bridgehead atoms. The molecular weight excluding hydrogens is 236 g/mol. The summed E-state index contributed by atoms with van der Waals surface area (Å²) in [6.45, 7) is 0. The molecule has 0 aromatic carbocycles. The van der Waals surface area contributed by atoms with Gasteiger partial charge in [0, 0.05) is 11.4 Å². The van der Waals surface area contributed by atoms with Crippen LogP contribution in [0.4, 0.5) is 0 Å². The topological polar surface area (TPSA) is 52.0 Å². The van der Waals surface area contributed by atoms with Gasteiger partial charge >= 0.3 is 0 Å². The van der Waals surface area contributed by atoms with Crippen LogP contribution in [0.15, 0.2) is 11.4 Å². The van der Waals surface area contributed by atoms with Crippen LogP contribution < -0.4 is 11.5 Å². The lowest BCUT2D eigenvalue weighted by Crippen LogP contribution is -2.17. The molecule has 1 aliphatic carbocycles. The molecule has 0 fully saturated rings. The second-order valence-corrected chi connectivity index (χ2v) is 1.55. The van der Waals surface area contributed by atoms with Gasteiger partial charge in [0.25, 0.3) is 0 Å². The van der Waals surface area contributed by atoms with E-state index in [9.17, 15) is 0 Å². The van der Waals surface area contributed by atoms with Crippen molar-refractivity contribution < 1.29 is 0 Å². The number of rotatable bonds is 0. The van der Waals surface area contributed by atoms with E-state index in [-0.39, 0.29) is 34.0 Å². The second-order valence-electron chi connectivity index (χ2n) is 1.55. The quantitative estimate of drug-likeness (QED) is 0.671. The van der Waals surface area contributed by atoms with E-state index in [4.69, 9.17) is 11.5 Å². The van der Waals surface area contributed by atoms with Crippen molar-refractivity contribution in [2.75, 3.05) is 0 Å². The molecule has 0 unspecified atom stereocenters. The summed E-state index contributed by atoms with van der Waals surface area (Å²) in [5.74, 6) is 0. The summed E-state index contributed by atoms with van der Waals surface area (Å²) in [6.07, 6.45) is 2.01. The van der Waals surface area contributed by atoms with Gasteiger partial charge < -0.3 is 11.5 Å². The van der Waals surface area contributed by atoms with Crippen molar-refractivity contribution in [3.05, 3.63) is 11.4 Å². The highest BCUT2D eigenvalue weighted by Crippen LogP contribution is 2.16. The van der Waals surface area contributed by atoms with Crippen molar-refractivity contribution in [3.63, 3.8) is 0 Å². The van der Waals surface area contributed by atoms with E-state index in [0.717, 1.165) is 24.2 Å². The minimum Gasteiger partial charge on any atom is -0.401 e. The van der Waals surface area contributed by atoms with E-state index in [1.165, 1.54) is 0 Å². The van der Waals surface area contributed by atoms with Crippen LogP contribution in [0, 0.1) is 0 Å². The van der Waals surface area contributed by atoms with Gasteiger partial charge in [-0.2, -0.15) is 0 Å². The van der Waals surface area contributed by atoms with Crippen molar-refractivity contribution in [2.24, 2.45) is 11.5 Å². The fraction of sp³-hybridized carbons (Fsp3) is 0.500. The monoisotopic (exact) mass is 244 g/mol. The number of halogens is 2. The lowest BCUT2D eigenvalue weighted by molar-refractivity contribution is 0.772. The van der Waals surface area contributed by atoms with E-state index < -0.39 is 0 Å².